The molecule has 2 bridgehead atoms. The number of hydrogen-bond acceptors (Lipinski definition) is 2. The molecule has 0 aromatic heterocycles. The lowest BCUT2D eigenvalue weighted by molar-refractivity contribution is -0.228. The van der Waals surface area contributed by atoms with Gasteiger partial charge in [0.1, 0.15) is 0 Å². The summed E-state index contributed by atoms with van der Waals surface area (Å²) in [4.78, 5) is 28.3. The number of carboxylic acid groups (broad SMARTS) is 1. The molecule has 1 heterocycles. The van der Waals surface area contributed by atoms with Gasteiger partial charge in [-0.3, -0.25) is 9.59 Å². The minimum Gasteiger partial charge on any atom is -0.481 e. The standard InChI is InChI=1S/C33H37F4NO3/c1-21-3-5-22(6-4-21)20-32-17-18-38(27(39)30-11-14-31(15-12-30,16-13-30)28(40)41)26(32)10-7-23-19-24(8-9-25(23)32)29(2,34)33(35,36)37/h3-6,8-9,19,26H,7,10-18,20H2,1-2H3,(H,40,41). The molecule has 0 radical (unpaired) electrons. The van der Waals surface area contributed by atoms with Crippen LogP contribution in [-0.4, -0.2) is 40.6 Å². The summed E-state index contributed by atoms with van der Waals surface area (Å²) in [6.45, 7) is 3.14. The zero-order valence-corrected chi connectivity index (χ0v) is 23.6. The van der Waals surface area contributed by atoms with Crippen LogP contribution in [-0.2, 0) is 33.5 Å². The van der Waals surface area contributed by atoms with Crippen LogP contribution in [0.3, 0.4) is 0 Å². The Kier molecular flexibility index (Phi) is 6.40. The lowest BCUT2D eigenvalue weighted by atomic mass is 9.53. The molecule has 4 fully saturated rings. The molecule has 3 atom stereocenters. The summed E-state index contributed by atoms with van der Waals surface area (Å²) in [6.07, 6.45) is 0.660. The van der Waals surface area contributed by atoms with Crippen molar-refractivity contribution in [2.24, 2.45) is 10.8 Å². The second-order valence-electron chi connectivity index (χ2n) is 13.4. The summed E-state index contributed by atoms with van der Waals surface area (Å²) < 4.78 is 55.7. The third-order valence-electron chi connectivity index (χ3n) is 11.3. The Morgan fingerprint density at radius 3 is 2.12 bits per heavy atom. The molecule has 4 nitrogen and oxygen atoms in total. The highest BCUT2D eigenvalue weighted by Crippen LogP contribution is 2.59. The average molecular weight is 572 g/mol. The number of nitrogens with zero attached hydrogens (tertiary/aromatic N) is 1. The fourth-order valence-corrected chi connectivity index (χ4v) is 8.47. The SMILES string of the molecule is Cc1ccc(CC23CCN(C(=O)C45CCC(C(=O)O)(CC4)CC5)C2CCc2cc(C(C)(F)C(F)(F)F)ccc23)cc1. The summed E-state index contributed by atoms with van der Waals surface area (Å²) >= 11 is 0. The number of likely N-dealkylation sites (tertiary alicyclic amines) is 1. The van der Waals surface area contributed by atoms with Crippen molar-refractivity contribution in [2.75, 3.05) is 6.54 Å². The number of aliphatic carboxylic acids is 1. The Balaban J connectivity index is 1.37. The van der Waals surface area contributed by atoms with Gasteiger partial charge in [0.15, 0.2) is 0 Å². The van der Waals surface area contributed by atoms with Gasteiger partial charge in [-0.05, 0) is 100 Å². The number of carbonyl (C=O) groups excluding carboxylic acids is 1. The van der Waals surface area contributed by atoms with Crippen molar-refractivity contribution >= 4 is 11.9 Å². The van der Waals surface area contributed by atoms with Crippen LogP contribution >= 0.6 is 0 Å². The molecular weight excluding hydrogens is 534 g/mol. The van der Waals surface area contributed by atoms with Crippen LogP contribution in [0.1, 0.15) is 86.1 Å². The minimum atomic E-state index is -5.02. The van der Waals surface area contributed by atoms with E-state index in [-0.39, 0.29) is 17.5 Å². The largest absolute Gasteiger partial charge is 0.481 e. The predicted molar refractivity (Wildman–Crippen MR) is 146 cm³/mol. The lowest BCUT2D eigenvalue weighted by Gasteiger charge is -2.52. The maximum atomic E-state index is 15.0. The molecule has 5 aliphatic rings. The number of carbonyl (C=O) groups is 2. The van der Waals surface area contributed by atoms with Crippen LogP contribution in [0, 0.1) is 17.8 Å². The number of fused-ring (bicyclic) bond motifs is 6. The van der Waals surface area contributed by atoms with Gasteiger partial charge < -0.3 is 10.0 Å². The topological polar surface area (TPSA) is 57.6 Å². The Hall–Kier alpha value is -2.90. The number of hydrogen-bond donors (Lipinski definition) is 1. The highest BCUT2D eigenvalue weighted by atomic mass is 19.4. The van der Waals surface area contributed by atoms with Crippen molar-refractivity contribution in [3.63, 3.8) is 0 Å². The van der Waals surface area contributed by atoms with Gasteiger partial charge in [0.05, 0.1) is 5.41 Å². The molecular formula is C33H37F4NO3. The van der Waals surface area contributed by atoms with Crippen LogP contribution in [0.25, 0.3) is 0 Å². The number of halogens is 4. The lowest BCUT2D eigenvalue weighted by Crippen LogP contribution is -2.56. The van der Waals surface area contributed by atoms with Gasteiger partial charge in [0.2, 0.25) is 11.6 Å². The zero-order valence-electron chi connectivity index (χ0n) is 23.6. The van der Waals surface area contributed by atoms with E-state index in [0.29, 0.717) is 77.7 Å². The fraction of sp³-hybridized carbons (Fsp3) is 0.576. The molecule has 3 unspecified atom stereocenters. The molecule has 4 aliphatic carbocycles. The van der Waals surface area contributed by atoms with E-state index in [2.05, 4.69) is 12.1 Å². The van der Waals surface area contributed by atoms with Crippen molar-refractivity contribution in [1.29, 1.82) is 0 Å². The zero-order chi connectivity index (χ0) is 29.4. The molecule has 2 aromatic carbocycles. The number of aryl methyl sites for hydroxylation is 2. The fourth-order valence-electron chi connectivity index (χ4n) is 8.47. The molecule has 7 rings (SSSR count). The number of rotatable bonds is 5. The number of benzene rings is 2. The monoisotopic (exact) mass is 571 g/mol. The third-order valence-corrected chi connectivity index (χ3v) is 11.3. The Morgan fingerprint density at radius 2 is 1.54 bits per heavy atom. The van der Waals surface area contributed by atoms with Crippen molar-refractivity contribution in [2.45, 2.75) is 101 Å². The average Bonchev–Trinajstić information content (AvgIpc) is 3.33. The summed E-state index contributed by atoms with van der Waals surface area (Å²) in [5.74, 6) is -0.643. The highest BCUT2D eigenvalue weighted by Gasteiger charge is 2.60. The maximum Gasteiger partial charge on any atom is 0.426 e. The molecule has 220 valence electrons. The van der Waals surface area contributed by atoms with Crippen molar-refractivity contribution in [1.82, 2.24) is 4.90 Å². The Labute approximate surface area is 238 Å². The van der Waals surface area contributed by atoms with Gasteiger partial charge in [0.25, 0.3) is 0 Å². The normalized spacial score (nSPS) is 32.2. The number of alkyl halides is 4. The molecule has 1 amide bonds. The molecule has 41 heavy (non-hydrogen) atoms. The van der Waals surface area contributed by atoms with Gasteiger partial charge in [0, 0.05) is 23.4 Å². The van der Waals surface area contributed by atoms with E-state index in [9.17, 15) is 32.3 Å². The van der Waals surface area contributed by atoms with Crippen molar-refractivity contribution in [3.8, 4) is 0 Å². The first-order valence-electron chi connectivity index (χ1n) is 14.7. The van der Waals surface area contributed by atoms with Crippen LogP contribution in [0.2, 0.25) is 0 Å². The van der Waals surface area contributed by atoms with Gasteiger partial charge in [-0.15, -0.1) is 0 Å². The van der Waals surface area contributed by atoms with Crippen molar-refractivity contribution in [3.05, 3.63) is 70.3 Å². The van der Waals surface area contributed by atoms with Crippen LogP contribution in [0.15, 0.2) is 42.5 Å². The van der Waals surface area contributed by atoms with E-state index in [0.717, 1.165) is 22.3 Å². The smallest absolute Gasteiger partial charge is 0.426 e. The third kappa shape index (κ3) is 4.22. The van der Waals surface area contributed by atoms with Gasteiger partial charge in [-0.25, -0.2) is 4.39 Å². The van der Waals surface area contributed by atoms with Crippen molar-refractivity contribution < 1.29 is 32.3 Å². The molecule has 3 saturated carbocycles. The number of amides is 1. The quantitative estimate of drug-likeness (QED) is 0.387. The van der Waals surface area contributed by atoms with Crippen LogP contribution < -0.4 is 0 Å². The summed E-state index contributed by atoms with van der Waals surface area (Å²) in [5.41, 5.74) is -1.70. The van der Waals surface area contributed by atoms with E-state index in [1.54, 1.807) is 6.07 Å². The molecule has 1 saturated heterocycles. The summed E-state index contributed by atoms with van der Waals surface area (Å²) in [5, 5.41) is 9.82. The second-order valence-corrected chi connectivity index (χ2v) is 13.4. The maximum absolute atomic E-state index is 15.0. The van der Waals surface area contributed by atoms with Crippen LogP contribution in [0.5, 0.6) is 0 Å². The first-order chi connectivity index (χ1) is 19.2. The first-order valence-corrected chi connectivity index (χ1v) is 14.7. The van der Waals surface area contributed by atoms with E-state index < -0.39 is 34.1 Å². The predicted octanol–water partition coefficient (Wildman–Crippen LogP) is 7.19. The van der Waals surface area contributed by atoms with E-state index in [1.807, 2.05) is 24.0 Å². The van der Waals surface area contributed by atoms with Gasteiger partial charge in [-0.1, -0.05) is 48.0 Å². The van der Waals surface area contributed by atoms with E-state index >= 15 is 0 Å². The molecule has 0 spiro atoms. The summed E-state index contributed by atoms with van der Waals surface area (Å²) in [7, 11) is 0. The number of carboxylic acids is 1. The van der Waals surface area contributed by atoms with E-state index in [1.165, 1.54) is 12.1 Å². The molecule has 2 aromatic rings. The summed E-state index contributed by atoms with van der Waals surface area (Å²) in [6, 6.07) is 12.5. The Bertz CT molecular complexity index is 1360. The van der Waals surface area contributed by atoms with Gasteiger partial charge in [-0.2, -0.15) is 13.2 Å². The molecule has 1 N–H and O–H groups in total. The molecule has 8 heteroatoms. The molecule has 1 aliphatic heterocycles. The Morgan fingerprint density at radius 1 is 0.927 bits per heavy atom. The van der Waals surface area contributed by atoms with Crippen LogP contribution in [0.4, 0.5) is 17.6 Å². The second kappa shape index (κ2) is 9.30. The highest BCUT2D eigenvalue weighted by molar-refractivity contribution is 5.86. The first kappa shape index (κ1) is 28.2. The van der Waals surface area contributed by atoms with Gasteiger partial charge >= 0.3 is 12.1 Å². The van der Waals surface area contributed by atoms with E-state index in [4.69, 9.17) is 0 Å². The minimum absolute atomic E-state index is 0.112.